The van der Waals surface area contributed by atoms with E-state index in [9.17, 15) is 14.7 Å². The Hall–Kier alpha value is -2.11. The maximum Gasteiger partial charge on any atom is 0.306 e. The molecule has 1 aliphatic carbocycles. The highest BCUT2D eigenvalue weighted by atomic mass is 16.4. The lowest BCUT2D eigenvalue weighted by Gasteiger charge is -2.25. The van der Waals surface area contributed by atoms with Crippen molar-refractivity contribution in [3.63, 3.8) is 0 Å². The summed E-state index contributed by atoms with van der Waals surface area (Å²) in [7, 11) is 0. The Morgan fingerprint density at radius 3 is 2.74 bits per heavy atom. The van der Waals surface area contributed by atoms with Gasteiger partial charge in [-0.3, -0.25) is 9.59 Å². The second-order valence-electron chi connectivity index (χ2n) is 4.76. The Morgan fingerprint density at radius 2 is 2.05 bits per heavy atom. The normalized spacial score (nSPS) is 22.7. The average molecular weight is 264 g/mol. The van der Waals surface area contributed by atoms with Crippen LogP contribution in [0, 0.1) is 11.8 Å². The van der Waals surface area contributed by atoms with E-state index < -0.39 is 11.9 Å². The van der Waals surface area contributed by atoms with Gasteiger partial charge in [-0.25, -0.2) is 4.98 Å². The van der Waals surface area contributed by atoms with Crippen LogP contribution in [0.4, 0.5) is 5.82 Å². The maximum absolute atomic E-state index is 12.0. The molecule has 1 heterocycles. The highest BCUT2D eigenvalue weighted by molar-refractivity contribution is 5.93. The van der Waals surface area contributed by atoms with E-state index in [4.69, 9.17) is 5.11 Å². The first-order chi connectivity index (χ1) is 9.08. The topological polar surface area (TPSA) is 99.5 Å². The summed E-state index contributed by atoms with van der Waals surface area (Å²) in [5, 5.41) is 21.1. The molecule has 1 aliphatic rings. The molecule has 2 unspecified atom stereocenters. The number of carbonyl (C=O) groups is 2. The lowest BCUT2D eigenvalue weighted by molar-refractivity contribution is -0.143. The molecule has 19 heavy (non-hydrogen) atoms. The van der Waals surface area contributed by atoms with Gasteiger partial charge in [-0.1, -0.05) is 6.42 Å². The fourth-order valence-corrected chi connectivity index (χ4v) is 2.36. The quantitative estimate of drug-likeness (QED) is 0.770. The zero-order chi connectivity index (χ0) is 13.8. The van der Waals surface area contributed by atoms with Crippen LogP contribution in [-0.4, -0.2) is 27.1 Å². The van der Waals surface area contributed by atoms with Gasteiger partial charge >= 0.3 is 5.97 Å². The molecule has 1 saturated carbocycles. The van der Waals surface area contributed by atoms with Gasteiger partial charge in [0.1, 0.15) is 0 Å². The van der Waals surface area contributed by atoms with Gasteiger partial charge in [0.2, 0.25) is 5.91 Å². The van der Waals surface area contributed by atoms with E-state index in [1.54, 1.807) is 6.07 Å². The molecule has 3 N–H and O–H groups in total. The molecule has 1 amide bonds. The first-order valence-electron chi connectivity index (χ1n) is 6.25. The third-order valence-corrected chi connectivity index (χ3v) is 3.42. The second-order valence-corrected chi connectivity index (χ2v) is 4.76. The van der Waals surface area contributed by atoms with Crippen LogP contribution in [0.5, 0.6) is 5.75 Å². The fourth-order valence-electron chi connectivity index (χ4n) is 2.36. The fraction of sp³-hybridized carbons (Fsp3) is 0.462. The molecular weight excluding hydrogens is 248 g/mol. The number of rotatable bonds is 3. The van der Waals surface area contributed by atoms with E-state index in [1.807, 2.05) is 0 Å². The van der Waals surface area contributed by atoms with E-state index in [0.29, 0.717) is 19.3 Å². The molecule has 102 valence electrons. The summed E-state index contributed by atoms with van der Waals surface area (Å²) in [6.07, 6.45) is 3.82. The molecule has 0 aromatic carbocycles. The molecule has 1 fully saturated rings. The summed E-state index contributed by atoms with van der Waals surface area (Å²) in [6, 6.07) is 3.00. The number of nitrogens with zero attached hydrogens (tertiary/aromatic N) is 1. The van der Waals surface area contributed by atoms with Crippen LogP contribution in [0.3, 0.4) is 0 Å². The minimum atomic E-state index is -0.849. The Labute approximate surface area is 110 Å². The molecule has 2 rings (SSSR count). The number of carboxylic acid groups (broad SMARTS) is 1. The Bertz CT molecular complexity index is 489. The Kier molecular flexibility index (Phi) is 3.99. The number of hydrogen-bond acceptors (Lipinski definition) is 4. The third-order valence-electron chi connectivity index (χ3n) is 3.42. The number of amides is 1. The van der Waals surface area contributed by atoms with Crippen molar-refractivity contribution in [3.8, 4) is 5.75 Å². The number of carbonyl (C=O) groups excluding carboxylic acids is 1. The summed E-state index contributed by atoms with van der Waals surface area (Å²) >= 11 is 0. The SMILES string of the molecule is O=C(O)C1CCCC(C(=O)Nc2ncccc2O)C1. The Balaban J connectivity index is 2.00. The number of aromatic nitrogens is 1. The first-order valence-corrected chi connectivity index (χ1v) is 6.25. The summed E-state index contributed by atoms with van der Waals surface area (Å²) in [6.45, 7) is 0. The summed E-state index contributed by atoms with van der Waals surface area (Å²) in [5.41, 5.74) is 0. The molecule has 0 radical (unpaired) electrons. The van der Waals surface area contributed by atoms with Crippen LogP contribution >= 0.6 is 0 Å². The van der Waals surface area contributed by atoms with Crippen LogP contribution in [-0.2, 0) is 9.59 Å². The molecule has 0 aliphatic heterocycles. The molecule has 1 aromatic heterocycles. The predicted octanol–water partition coefficient (Wildman–Crippen LogP) is 1.62. The predicted molar refractivity (Wildman–Crippen MR) is 67.6 cm³/mol. The number of aliphatic carboxylic acids is 1. The Morgan fingerprint density at radius 1 is 1.32 bits per heavy atom. The van der Waals surface area contributed by atoms with Crippen LogP contribution < -0.4 is 5.32 Å². The van der Waals surface area contributed by atoms with Crippen molar-refractivity contribution in [2.24, 2.45) is 11.8 Å². The summed E-state index contributed by atoms with van der Waals surface area (Å²) < 4.78 is 0. The standard InChI is InChI=1S/C13H16N2O4/c16-10-5-2-6-14-11(10)15-12(17)8-3-1-4-9(7-8)13(18)19/h2,5-6,8-9,16H,1,3-4,7H2,(H,18,19)(H,14,15,17). The average Bonchev–Trinajstić information content (AvgIpc) is 2.41. The monoisotopic (exact) mass is 264 g/mol. The first kappa shape index (κ1) is 13.3. The van der Waals surface area contributed by atoms with Crippen LogP contribution in [0.15, 0.2) is 18.3 Å². The van der Waals surface area contributed by atoms with E-state index in [-0.39, 0.29) is 23.4 Å². The second kappa shape index (κ2) is 5.69. The lowest BCUT2D eigenvalue weighted by atomic mass is 9.81. The van der Waals surface area contributed by atoms with Crippen molar-refractivity contribution in [3.05, 3.63) is 18.3 Å². The smallest absolute Gasteiger partial charge is 0.306 e. The van der Waals surface area contributed by atoms with Crippen molar-refractivity contribution in [2.45, 2.75) is 25.7 Å². The number of pyridine rings is 1. The maximum atomic E-state index is 12.0. The molecule has 6 heteroatoms. The highest BCUT2D eigenvalue weighted by Gasteiger charge is 2.31. The van der Waals surface area contributed by atoms with Gasteiger partial charge in [-0.15, -0.1) is 0 Å². The van der Waals surface area contributed by atoms with Crippen molar-refractivity contribution < 1.29 is 19.8 Å². The number of nitrogens with one attached hydrogen (secondary N) is 1. The minimum Gasteiger partial charge on any atom is -0.504 e. The van der Waals surface area contributed by atoms with Gasteiger partial charge in [-0.2, -0.15) is 0 Å². The van der Waals surface area contributed by atoms with Gasteiger partial charge in [0.05, 0.1) is 5.92 Å². The van der Waals surface area contributed by atoms with Gasteiger partial charge in [-0.05, 0) is 31.4 Å². The van der Waals surface area contributed by atoms with E-state index in [2.05, 4.69) is 10.3 Å². The number of carboxylic acids is 1. The van der Waals surface area contributed by atoms with Crippen molar-refractivity contribution >= 4 is 17.7 Å². The van der Waals surface area contributed by atoms with Crippen molar-refractivity contribution in [2.75, 3.05) is 5.32 Å². The molecule has 0 bridgehead atoms. The summed E-state index contributed by atoms with van der Waals surface area (Å²) in [4.78, 5) is 26.9. The van der Waals surface area contributed by atoms with Crippen LogP contribution in [0.25, 0.3) is 0 Å². The number of anilines is 1. The number of aromatic hydroxyl groups is 1. The highest BCUT2D eigenvalue weighted by Crippen LogP contribution is 2.30. The van der Waals surface area contributed by atoms with Gasteiger partial charge in [0.15, 0.2) is 11.6 Å². The molecule has 6 nitrogen and oxygen atoms in total. The van der Waals surface area contributed by atoms with E-state index >= 15 is 0 Å². The van der Waals surface area contributed by atoms with Crippen molar-refractivity contribution in [1.82, 2.24) is 4.98 Å². The van der Waals surface area contributed by atoms with Crippen LogP contribution in [0.1, 0.15) is 25.7 Å². The van der Waals surface area contributed by atoms with Crippen LogP contribution in [0.2, 0.25) is 0 Å². The zero-order valence-corrected chi connectivity index (χ0v) is 10.4. The van der Waals surface area contributed by atoms with Crippen molar-refractivity contribution in [1.29, 1.82) is 0 Å². The molecule has 1 aromatic rings. The van der Waals surface area contributed by atoms with E-state index in [0.717, 1.165) is 6.42 Å². The van der Waals surface area contributed by atoms with E-state index in [1.165, 1.54) is 12.3 Å². The minimum absolute atomic E-state index is 0.0959. The molecule has 0 saturated heterocycles. The summed E-state index contributed by atoms with van der Waals surface area (Å²) in [5.74, 6) is -1.90. The third kappa shape index (κ3) is 3.21. The van der Waals surface area contributed by atoms with Gasteiger partial charge in [0, 0.05) is 12.1 Å². The molecular formula is C13H16N2O4. The molecule has 2 atom stereocenters. The lowest BCUT2D eigenvalue weighted by Crippen LogP contribution is -2.31. The van der Waals surface area contributed by atoms with Gasteiger partial charge in [0.25, 0.3) is 0 Å². The largest absolute Gasteiger partial charge is 0.504 e. The number of hydrogen-bond donors (Lipinski definition) is 3. The molecule has 0 spiro atoms. The van der Waals surface area contributed by atoms with Gasteiger partial charge < -0.3 is 15.5 Å². The zero-order valence-electron chi connectivity index (χ0n) is 10.4.